The van der Waals surface area contributed by atoms with Gasteiger partial charge in [0.2, 0.25) is 0 Å². The highest BCUT2D eigenvalue weighted by Crippen LogP contribution is 2.25. The van der Waals surface area contributed by atoms with E-state index in [1.54, 1.807) is 6.07 Å². The smallest absolute Gasteiger partial charge is 0.276 e. The van der Waals surface area contributed by atoms with Crippen LogP contribution >= 0.6 is 11.6 Å². The normalized spacial score (nSPS) is 10.3. The zero-order valence-corrected chi connectivity index (χ0v) is 12.0. The van der Waals surface area contributed by atoms with Crippen LogP contribution in [0.5, 0.6) is 5.75 Å². The summed E-state index contributed by atoms with van der Waals surface area (Å²) in [5, 5.41) is 11.4. The SMILES string of the molecule is Cc1cc(C)cc(OCc2cc(Cl)ccc2[N+](=O)[O-])c1. The molecule has 0 saturated heterocycles. The average Bonchev–Trinajstić information content (AvgIpc) is 2.35. The van der Waals surface area contributed by atoms with Gasteiger partial charge >= 0.3 is 0 Å². The van der Waals surface area contributed by atoms with E-state index in [9.17, 15) is 10.1 Å². The minimum atomic E-state index is -0.434. The number of rotatable bonds is 4. The molecule has 0 radical (unpaired) electrons. The van der Waals surface area contributed by atoms with Gasteiger partial charge in [0, 0.05) is 11.1 Å². The Hall–Kier alpha value is -2.07. The predicted molar refractivity (Wildman–Crippen MR) is 78.4 cm³/mol. The molecule has 20 heavy (non-hydrogen) atoms. The molecule has 0 bridgehead atoms. The molecule has 0 aliphatic rings. The maximum Gasteiger partial charge on any atom is 0.276 e. The van der Waals surface area contributed by atoms with Crippen LogP contribution in [0.15, 0.2) is 36.4 Å². The molecule has 0 heterocycles. The lowest BCUT2D eigenvalue weighted by Crippen LogP contribution is -2.01. The molecule has 0 saturated carbocycles. The fourth-order valence-corrected chi connectivity index (χ4v) is 2.22. The Balaban J connectivity index is 2.22. The highest BCUT2D eigenvalue weighted by atomic mass is 35.5. The maximum absolute atomic E-state index is 11.0. The quantitative estimate of drug-likeness (QED) is 0.618. The van der Waals surface area contributed by atoms with Crippen molar-refractivity contribution in [3.8, 4) is 5.75 Å². The standard InChI is InChI=1S/C15H14ClNO3/c1-10-5-11(2)7-14(6-10)20-9-12-8-13(16)3-4-15(12)17(18)19/h3-8H,9H2,1-2H3. The van der Waals surface area contributed by atoms with Gasteiger partial charge in [0.1, 0.15) is 12.4 Å². The Morgan fingerprint density at radius 2 is 1.80 bits per heavy atom. The van der Waals surface area contributed by atoms with Gasteiger partial charge in [-0.2, -0.15) is 0 Å². The van der Waals surface area contributed by atoms with E-state index in [2.05, 4.69) is 0 Å². The van der Waals surface area contributed by atoms with Crippen LogP contribution in [0, 0.1) is 24.0 Å². The molecule has 0 aliphatic carbocycles. The second-order valence-corrected chi connectivity index (χ2v) is 5.08. The van der Waals surface area contributed by atoms with Crippen molar-refractivity contribution in [1.29, 1.82) is 0 Å². The Morgan fingerprint density at radius 3 is 2.40 bits per heavy atom. The first kappa shape index (κ1) is 14.3. The lowest BCUT2D eigenvalue weighted by atomic mass is 10.1. The van der Waals surface area contributed by atoms with Gasteiger partial charge in [-0.05, 0) is 49.2 Å². The largest absolute Gasteiger partial charge is 0.489 e. The molecular formula is C15H14ClNO3. The summed E-state index contributed by atoms with van der Waals surface area (Å²) < 4.78 is 5.64. The summed E-state index contributed by atoms with van der Waals surface area (Å²) >= 11 is 5.88. The third kappa shape index (κ3) is 3.48. The minimum Gasteiger partial charge on any atom is -0.489 e. The molecule has 0 spiro atoms. The van der Waals surface area contributed by atoms with Crippen molar-refractivity contribution in [2.24, 2.45) is 0 Å². The van der Waals surface area contributed by atoms with Crippen molar-refractivity contribution in [2.75, 3.05) is 0 Å². The Bertz CT molecular complexity index is 635. The van der Waals surface area contributed by atoms with Crippen LogP contribution in [0.2, 0.25) is 5.02 Å². The van der Waals surface area contributed by atoms with E-state index in [-0.39, 0.29) is 12.3 Å². The number of ether oxygens (including phenoxy) is 1. The van der Waals surface area contributed by atoms with Gasteiger partial charge in [-0.1, -0.05) is 17.7 Å². The molecule has 104 valence electrons. The highest BCUT2D eigenvalue weighted by molar-refractivity contribution is 6.30. The molecule has 0 atom stereocenters. The van der Waals surface area contributed by atoms with Gasteiger partial charge in [-0.3, -0.25) is 10.1 Å². The van der Waals surface area contributed by atoms with Crippen molar-refractivity contribution in [2.45, 2.75) is 20.5 Å². The lowest BCUT2D eigenvalue weighted by Gasteiger charge is -2.09. The number of hydrogen-bond acceptors (Lipinski definition) is 3. The zero-order chi connectivity index (χ0) is 14.7. The van der Waals surface area contributed by atoms with Gasteiger partial charge in [-0.15, -0.1) is 0 Å². The summed E-state index contributed by atoms with van der Waals surface area (Å²) in [6.07, 6.45) is 0. The minimum absolute atomic E-state index is 0.0128. The van der Waals surface area contributed by atoms with Crippen molar-refractivity contribution in [3.63, 3.8) is 0 Å². The molecule has 0 N–H and O–H groups in total. The van der Waals surface area contributed by atoms with Crippen LogP contribution in [0.25, 0.3) is 0 Å². The second-order valence-electron chi connectivity index (χ2n) is 4.64. The number of nitro benzene ring substituents is 1. The van der Waals surface area contributed by atoms with E-state index >= 15 is 0 Å². The van der Waals surface area contributed by atoms with Crippen molar-refractivity contribution in [3.05, 3.63) is 68.2 Å². The topological polar surface area (TPSA) is 52.4 Å². The molecule has 5 heteroatoms. The van der Waals surface area contributed by atoms with E-state index < -0.39 is 4.92 Å². The van der Waals surface area contributed by atoms with E-state index in [1.807, 2.05) is 32.0 Å². The van der Waals surface area contributed by atoms with Crippen LogP contribution in [-0.4, -0.2) is 4.92 Å². The van der Waals surface area contributed by atoms with E-state index in [4.69, 9.17) is 16.3 Å². The van der Waals surface area contributed by atoms with Crippen LogP contribution in [0.3, 0.4) is 0 Å². The van der Waals surface area contributed by atoms with Crippen molar-refractivity contribution < 1.29 is 9.66 Å². The van der Waals surface area contributed by atoms with Gasteiger partial charge < -0.3 is 4.74 Å². The molecule has 2 rings (SSSR count). The van der Waals surface area contributed by atoms with Crippen LogP contribution in [0.1, 0.15) is 16.7 Å². The summed E-state index contributed by atoms with van der Waals surface area (Å²) in [7, 11) is 0. The van der Waals surface area contributed by atoms with Gasteiger partial charge in [0.25, 0.3) is 5.69 Å². The Kier molecular flexibility index (Phi) is 4.25. The summed E-state index contributed by atoms with van der Waals surface area (Å²) in [4.78, 5) is 10.5. The van der Waals surface area contributed by atoms with Crippen molar-refractivity contribution in [1.82, 2.24) is 0 Å². The zero-order valence-electron chi connectivity index (χ0n) is 11.2. The fourth-order valence-electron chi connectivity index (χ4n) is 2.03. The van der Waals surface area contributed by atoms with Gasteiger partial charge in [0.15, 0.2) is 0 Å². The molecule has 4 nitrogen and oxygen atoms in total. The third-order valence-electron chi connectivity index (χ3n) is 2.83. The lowest BCUT2D eigenvalue weighted by molar-refractivity contribution is -0.385. The number of nitrogens with zero attached hydrogens (tertiary/aromatic N) is 1. The fraction of sp³-hybridized carbons (Fsp3) is 0.200. The number of hydrogen-bond donors (Lipinski definition) is 0. The molecule has 0 aliphatic heterocycles. The number of benzene rings is 2. The van der Waals surface area contributed by atoms with Crippen LogP contribution in [-0.2, 0) is 6.61 Å². The van der Waals surface area contributed by atoms with Gasteiger partial charge in [-0.25, -0.2) is 0 Å². The Morgan fingerprint density at radius 1 is 1.15 bits per heavy atom. The first-order chi connectivity index (χ1) is 9.45. The summed E-state index contributed by atoms with van der Waals surface area (Å²) in [6.45, 7) is 4.06. The third-order valence-corrected chi connectivity index (χ3v) is 3.06. The number of aryl methyl sites for hydroxylation is 2. The molecule has 0 unspecified atom stereocenters. The molecule has 0 aromatic heterocycles. The summed E-state index contributed by atoms with van der Waals surface area (Å²) in [5.74, 6) is 0.691. The van der Waals surface area contributed by atoms with E-state index in [0.717, 1.165) is 11.1 Å². The van der Waals surface area contributed by atoms with E-state index in [0.29, 0.717) is 16.3 Å². The molecule has 2 aromatic carbocycles. The summed E-state index contributed by atoms with van der Waals surface area (Å²) in [5.41, 5.74) is 2.64. The maximum atomic E-state index is 11.0. The monoisotopic (exact) mass is 291 g/mol. The average molecular weight is 292 g/mol. The summed E-state index contributed by atoms with van der Waals surface area (Å²) in [6, 6.07) is 10.3. The molecule has 2 aromatic rings. The van der Waals surface area contributed by atoms with Gasteiger partial charge in [0.05, 0.1) is 10.5 Å². The molecule has 0 amide bonds. The van der Waals surface area contributed by atoms with E-state index in [1.165, 1.54) is 12.1 Å². The predicted octanol–water partition coefficient (Wildman–Crippen LogP) is 4.44. The van der Waals surface area contributed by atoms with Crippen LogP contribution in [0.4, 0.5) is 5.69 Å². The highest BCUT2D eigenvalue weighted by Gasteiger charge is 2.14. The number of nitro groups is 1. The second kappa shape index (κ2) is 5.92. The first-order valence-electron chi connectivity index (χ1n) is 6.09. The number of halogens is 1. The first-order valence-corrected chi connectivity index (χ1v) is 6.47. The Labute approximate surface area is 122 Å². The molecule has 0 fully saturated rings. The van der Waals surface area contributed by atoms with Crippen LogP contribution < -0.4 is 4.74 Å². The molecular weight excluding hydrogens is 278 g/mol. The van der Waals surface area contributed by atoms with Crippen molar-refractivity contribution >= 4 is 17.3 Å².